The third-order valence-electron chi connectivity index (χ3n) is 3.12. The second-order valence-corrected chi connectivity index (χ2v) is 8.63. The lowest BCUT2D eigenvalue weighted by Crippen LogP contribution is -2.37. The average Bonchev–Trinajstić information content (AvgIpc) is 2.55. The first-order valence-electron chi connectivity index (χ1n) is 7.61. The van der Waals surface area contributed by atoms with Crippen molar-refractivity contribution < 1.29 is 32.6 Å². The molecule has 0 fully saturated rings. The van der Waals surface area contributed by atoms with Crippen molar-refractivity contribution in [3.63, 3.8) is 0 Å². The van der Waals surface area contributed by atoms with E-state index < -0.39 is 14.5 Å². The fourth-order valence-corrected chi connectivity index (χ4v) is 2.49. The van der Waals surface area contributed by atoms with Gasteiger partial charge in [-0.05, 0) is 13.5 Å². The normalized spacial score (nSPS) is 11.5. The molecule has 0 aliphatic heterocycles. The van der Waals surface area contributed by atoms with Crippen LogP contribution in [-0.2, 0) is 32.6 Å². The maximum atomic E-state index is 11.1. The molecule has 8 heteroatoms. The van der Waals surface area contributed by atoms with Crippen LogP contribution in [-0.4, -0.2) is 75.0 Å². The SMILES string of the molecule is C=C(C)C(=O)OCCOCCOCCOCC[Si](C)(OC)OC. The van der Waals surface area contributed by atoms with Crippen LogP contribution < -0.4 is 0 Å². The van der Waals surface area contributed by atoms with Crippen LogP contribution in [0.2, 0.25) is 12.6 Å². The Morgan fingerprint density at radius 2 is 1.30 bits per heavy atom. The van der Waals surface area contributed by atoms with Crippen molar-refractivity contribution in [3.8, 4) is 0 Å². The zero-order valence-electron chi connectivity index (χ0n) is 14.7. The summed E-state index contributed by atoms with van der Waals surface area (Å²) in [4.78, 5) is 11.1. The minimum absolute atomic E-state index is 0.219. The molecular formula is C15H30O7Si. The summed E-state index contributed by atoms with van der Waals surface area (Å²) >= 11 is 0. The largest absolute Gasteiger partial charge is 0.460 e. The molecular weight excluding hydrogens is 320 g/mol. The number of ether oxygens (including phenoxy) is 4. The fourth-order valence-electron chi connectivity index (χ4n) is 1.40. The summed E-state index contributed by atoms with van der Waals surface area (Å²) in [6.07, 6.45) is 0. The lowest BCUT2D eigenvalue weighted by Gasteiger charge is -2.22. The van der Waals surface area contributed by atoms with Crippen LogP contribution in [0.1, 0.15) is 6.92 Å². The van der Waals surface area contributed by atoms with Crippen molar-refractivity contribution in [2.75, 3.05) is 60.5 Å². The summed E-state index contributed by atoms with van der Waals surface area (Å²) in [7, 11) is 1.30. The van der Waals surface area contributed by atoms with Gasteiger partial charge in [-0.25, -0.2) is 4.79 Å². The predicted octanol–water partition coefficient (Wildman–Crippen LogP) is 1.52. The van der Waals surface area contributed by atoms with Crippen molar-refractivity contribution in [2.24, 2.45) is 0 Å². The predicted molar refractivity (Wildman–Crippen MR) is 88.7 cm³/mol. The maximum Gasteiger partial charge on any atom is 0.336 e. The minimum Gasteiger partial charge on any atom is -0.460 e. The molecule has 136 valence electrons. The van der Waals surface area contributed by atoms with E-state index in [0.29, 0.717) is 45.2 Å². The van der Waals surface area contributed by atoms with Gasteiger partial charge in [0, 0.05) is 32.4 Å². The third-order valence-corrected chi connectivity index (χ3v) is 5.96. The molecule has 23 heavy (non-hydrogen) atoms. The Morgan fingerprint density at radius 3 is 1.74 bits per heavy atom. The van der Waals surface area contributed by atoms with E-state index in [0.717, 1.165) is 6.04 Å². The van der Waals surface area contributed by atoms with Gasteiger partial charge in [-0.1, -0.05) is 6.58 Å². The lowest BCUT2D eigenvalue weighted by atomic mass is 10.4. The number of carbonyl (C=O) groups excluding carboxylic acids is 1. The van der Waals surface area contributed by atoms with Crippen molar-refractivity contribution >= 4 is 14.5 Å². The third kappa shape index (κ3) is 12.3. The smallest absolute Gasteiger partial charge is 0.336 e. The van der Waals surface area contributed by atoms with E-state index in [9.17, 15) is 4.79 Å². The molecule has 0 radical (unpaired) electrons. The van der Waals surface area contributed by atoms with Gasteiger partial charge in [0.25, 0.3) is 0 Å². The van der Waals surface area contributed by atoms with Crippen molar-refractivity contribution in [2.45, 2.75) is 19.5 Å². The van der Waals surface area contributed by atoms with Crippen LogP contribution in [0.3, 0.4) is 0 Å². The van der Waals surface area contributed by atoms with Crippen LogP contribution in [0.5, 0.6) is 0 Å². The monoisotopic (exact) mass is 350 g/mol. The number of esters is 1. The van der Waals surface area contributed by atoms with Gasteiger partial charge in [-0.3, -0.25) is 0 Å². The van der Waals surface area contributed by atoms with Gasteiger partial charge < -0.3 is 27.8 Å². The summed E-state index contributed by atoms with van der Waals surface area (Å²) in [6, 6.07) is 0.784. The second kappa shape index (κ2) is 13.6. The molecule has 0 saturated heterocycles. The van der Waals surface area contributed by atoms with Crippen LogP contribution >= 0.6 is 0 Å². The first kappa shape index (κ1) is 22.2. The van der Waals surface area contributed by atoms with Crippen molar-refractivity contribution in [1.29, 1.82) is 0 Å². The van der Waals surface area contributed by atoms with Gasteiger partial charge in [-0.15, -0.1) is 0 Å². The molecule has 0 atom stereocenters. The summed E-state index contributed by atoms with van der Waals surface area (Å²) in [5.74, 6) is -0.400. The zero-order valence-corrected chi connectivity index (χ0v) is 15.7. The van der Waals surface area contributed by atoms with Gasteiger partial charge in [0.15, 0.2) is 0 Å². The second-order valence-electron chi connectivity index (χ2n) is 5.05. The Balaban J connectivity index is 3.28. The number of hydrogen-bond donors (Lipinski definition) is 0. The molecule has 0 N–H and O–H groups in total. The molecule has 0 spiro atoms. The molecule has 0 aromatic rings. The Hall–Kier alpha value is -0.773. The van der Waals surface area contributed by atoms with Crippen LogP contribution in [0.4, 0.5) is 0 Å². The molecule has 0 amide bonds. The minimum atomic E-state index is -2.03. The Morgan fingerprint density at radius 1 is 0.870 bits per heavy atom. The van der Waals surface area contributed by atoms with Crippen LogP contribution in [0, 0.1) is 0 Å². The van der Waals surface area contributed by atoms with Crippen molar-refractivity contribution in [3.05, 3.63) is 12.2 Å². The fraction of sp³-hybridized carbons (Fsp3) is 0.800. The topological polar surface area (TPSA) is 72.5 Å². The molecule has 7 nitrogen and oxygen atoms in total. The molecule has 0 aromatic heterocycles. The molecule has 0 aromatic carbocycles. The zero-order chi connectivity index (χ0) is 17.6. The summed E-state index contributed by atoms with van der Waals surface area (Å²) < 4.78 is 31.7. The summed E-state index contributed by atoms with van der Waals surface area (Å²) in [5, 5.41) is 0. The molecule has 0 heterocycles. The Kier molecular flexibility index (Phi) is 13.2. The highest BCUT2D eigenvalue weighted by Gasteiger charge is 2.27. The Labute approximate surface area is 140 Å². The lowest BCUT2D eigenvalue weighted by molar-refractivity contribution is -0.140. The van der Waals surface area contributed by atoms with E-state index in [1.165, 1.54) is 0 Å². The van der Waals surface area contributed by atoms with Gasteiger partial charge in [0.1, 0.15) is 6.61 Å². The molecule has 0 bridgehead atoms. The van der Waals surface area contributed by atoms with E-state index in [1.54, 1.807) is 21.1 Å². The van der Waals surface area contributed by atoms with E-state index in [1.807, 2.05) is 6.55 Å². The first-order valence-corrected chi connectivity index (χ1v) is 10.1. The average molecular weight is 350 g/mol. The highest BCUT2D eigenvalue weighted by atomic mass is 28.4. The first-order chi connectivity index (χ1) is 10.9. The molecule has 0 aliphatic rings. The van der Waals surface area contributed by atoms with E-state index in [-0.39, 0.29) is 6.61 Å². The quantitative estimate of drug-likeness (QED) is 0.192. The number of carbonyl (C=O) groups is 1. The molecule has 0 rings (SSSR count). The number of hydrogen-bond acceptors (Lipinski definition) is 7. The van der Waals surface area contributed by atoms with Crippen molar-refractivity contribution in [1.82, 2.24) is 0 Å². The Bertz CT molecular complexity index is 332. The maximum absolute atomic E-state index is 11.1. The van der Waals surface area contributed by atoms with Gasteiger partial charge in [-0.2, -0.15) is 0 Å². The van der Waals surface area contributed by atoms with Gasteiger partial charge >= 0.3 is 14.5 Å². The van der Waals surface area contributed by atoms with Crippen LogP contribution in [0.25, 0.3) is 0 Å². The van der Waals surface area contributed by atoms with E-state index in [2.05, 4.69) is 6.58 Å². The summed E-state index contributed by atoms with van der Waals surface area (Å²) in [6.45, 7) is 10.2. The molecule has 0 aliphatic carbocycles. The van der Waals surface area contributed by atoms with Gasteiger partial charge in [0.05, 0.1) is 33.0 Å². The highest BCUT2D eigenvalue weighted by Crippen LogP contribution is 2.10. The van der Waals surface area contributed by atoms with Crippen LogP contribution in [0.15, 0.2) is 12.2 Å². The standard InChI is InChI=1S/C15H30O7Si/c1-14(2)15(16)22-11-10-20-7-6-19-8-9-21-12-13-23(5,17-3)18-4/h1,6-13H2,2-5H3. The molecule has 0 unspecified atom stereocenters. The number of rotatable bonds is 15. The highest BCUT2D eigenvalue weighted by molar-refractivity contribution is 6.65. The van der Waals surface area contributed by atoms with E-state index in [4.69, 9.17) is 27.8 Å². The molecule has 0 saturated carbocycles. The van der Waals surface area contributed by atoms with Gasteiger partial charge in [0.2, 0.25) is 0 Å². The summed E-state index contributed by atoms with van der Waals surface area (Å²) in [5.41, 5.74) is 0.382. The van der Waals surface area contributed by atoms with E-state index >= 15 is 0 Å².